The molecule has 0 aromatic heterocycles. The molecule has 0 aliphatic heterocycles. The molecule has 0 aliphatic rings. The average Bonchev–Trinajstić information content (AvgIpc) is 2.71. The Labute approximate surface area is 183 Å². The van der Waals surface area contributed by atoms with E-state index < -0.39 is 17.7 Å². The van der Waals surface area contributed by atoms with Crippen LogP contribution < -0.4 is 21.5 Å². The normalized spacial score (nSPS) is 12.6. The molecule has 0 bridgehead atoms. The molecule has 1 atom stereocenters. The van der Waals surface area contributed by atoms with Crippen LogP contribution in [0.4, 0.5) is 4.79 Å². The van der Waals surface area contributed by atoms with Crippen LogP contribution in [0.15, 0.2) is 64.8 Å². The highest BCUT2D eigenvalue weighted by molar-refractivity contribution is 6.05. The number of alkyl carbamates (subject to hydrolysis) is 1. The second-order valence-corrected chi connectivity index (χ2v) is 7.92. The van der Waals surface area contributed by atoms with E-state index in [4.69, 9.17) is 20.9 Å². The van der Waals surface area contributed by atoms with Gasteiger partial charge in [-0.1, -0.05) is 37.3 Å². The monoisotopic (exact) mass is 425 g/mol. The van der Waals surface area contributed by atoms with Crippen molar-refractivity contribution in [1.29, 1.82) is 0 Å². The molecule has 166 valence electrons. The fraction of sp³-hybridized carbons (Fsp3) is 0.348. The molecule has 0 saturated heterocycles. The number of guanidine groups is 1. The second-order valence-electron chi connectivity index (χ2n) is 7.92. The maximum absolute atomic E-state index is 12.3. The zero-order chi connectivity index (χ0) is 22.9. The van der Waals surface area contributed by atoms with Gasteiger partial charge >= 0.3 is 6.09 Å². The molecule has 2 rings (SSSR count). The van der Waals surface area contributed by atoms with Gasteiger partial charge in [-0.2, -0.15) is 0 Å². The number of carbonyl (C=O) groups is 1. The lowest BCUT2D eigenvalue weighted by Gasteiger charge is -2.24. The molecule has 0 fully saturated rings. The van der Waals surface area contributed by atoms with Crippen molar-refractivity contribution in [2.45, 2.75) is 52.4 Å². The summed E-state index contributed by atoms with van der Waals surface area (Å²) in [4.78, 5) is 12.3. The molecule has 1 unspecified atom stereocenters. The van der Waals surface area contributed by atoms with Gasteiger partial charge < -0.3 is 26.3 Å². The first-order valence-corrected chi connectivity index (χ1v) is 10.1. The summed E-state index contributed by atoms with van der Waals surface area (Å²) in [6.45, 7) is 7.79. The molecular formula is C23H31N5O3. The van der Waals surface area contributed by atoms with Crippen LogP contribution in [0.5, 0.6) is 5.75 Å². The van der Waals surface area contributed by atoms with Gasteiger partial charge in [-0.05, 0) is 57.0 Å². The molecule has 0 spiro atoms. The van der Waals surface area contributed by atoms with Crippen LogP contribution in [-0.4, -0.2) is 29.4 Å². The average molecular weight is 426 g/mol. The molecule has 0 radical (unpaired) electrons. The Bertz CT molecular complexity index is 899. The lowest BCUT2D eigenvalue weighted by atomic mass is 10.0. The van der Waals surface area contributed by atoms with Crippen LogP contribution in [0, 0.1) is 0 Å². The minimum atomic E-state index is -0.614. The molecule has 0 saturated carbocycles. The van der Waals surface area contributed by atoms with Crippen LogP contribution in [-0.2, 0) is 11.3 Å². The summed E-state index contributed by atoms with van der Waals surface area (Å²) in [6.07, 6.45) is 0.0178. The number of nitrogens with one attached hydrogen (secondary N) is 1. The van der Waals surface area contributed by atoms with E-state index in [0.29, 0.717) is 24.5 Å². The number of amides is 1. The van der Waals surface area contributed by atoms with E-state index >= 15 is 0 Å². The number of nitrogens with zero attached hydrogens (tertiary/aromatic N) is 2. The number of nitrogens with two attached hydrogens (primary N) is 2. The van der Waals surface area contributed by atoms with E-state index in [9.17, 15) is 4.79 Å². The van der Waals surface area contributed by atoms with Crippen molar-refractivity contribution < 1.29 is 14.3 Å². The molecule has 31 heavy (non-hydrogen) atoms. The first-order chi connectivity index (χ1) is 14.7. The van der Waals surface area contributed by atoms with Crippen LogP contribution in [0.1, 0.15) is 45.2 Å². The number of ether oxygens (including phenoxy) is 2. The summed E-state index contributed by atoms with van der Waals surface area (Å²) < 4.78 is 11.2. The summed E-state index contributed by atoms with van der Waals surface area (Å²) in [5, 5.41) is 10.8. The first kappa shape index (κ1) is 23.7. The van der Waals surface area contributed by atoms with Gasteiger partial charge in [-0.25, -0.2) is 4.79 Å². The highest BCUT2D eigenvalue weighted by Gasteiger charge is 2.23. The van der Waals surface area contributed by atoms with E-state index in [0.717, 1.165) is 11.1 Å². The molecule has 5 N–H and O–H groups in total. The zero-order valence-corrected chi connectivity index (χ0v) is 18.5. The quantitative estimate of drug-likeness (QED) is 0.339. The van der Waals surface area contributed by atoms with E-state index in [1.165, 1.54) is 0 Å². The van der Waals surface area contributed by atoms with Gasteiger partial charge in [-0.3, -0.25) is 0 Å². The largest absolute Gasteiger partial charge is 0.489 e. The zero-order valence-electron chi connectivity index (χ0n) is 18.5. The topological polar surface area (TPSA) is 124 Å². The van der Waals surface area contributed by atoms with Gasteiger partial charge in [0.15, 0.2) is 0 Å². The van der Waals surface area contributed by atoms with Gasteiger partial charge in [0.1, 0.15) is 18.0 Å². The lowest BCUT2D eigenvalue weighted by molar-refractivity contribution is 0.0517. The van der Waals surface area contributed by atoms with Gasteiger partial charge in [0.25, 0.3) is 0 Å². The van der Waals surface area contributed by atoms with E-state index in [1.807, 2.05) is 61.5 Å². The summed E-state index contributed by atoms with van der Waals surface area (Å²) in [5.41, 5.74) is 12.6. The Kier molecular flexibility index (Phi) is 8.43. The highest BCUT2D eigenvalue weighted by atomic mass is 16.6. The van der Waals surface area contributed by atoms with Gasteiger partial charge in [-0.15, -0.1) is 10.2 Å². The number of hydrogen-bond acceptors (Lipinski definition) is 5. The standard InChI is InChI=1S/C23H31N5O3/c1-5-19(26-22(29)31-23(2,3)4)20(27-28-21(24)25)17-11-13-18(14-12-17)30-15-16-9-7-6-8-10-16/h6-14,19H,5,15H2,1-4H3,(H,26,29)(H4,24,25,28)/b27-20-. The predicted molar refractivity (Wildman–Crippen MR) is 123 cm³/mol. The van der Waals surface area contributed by atoms with Gasteiger partial charge in [0, 0.05) is 5.56 Å². The molecule has 2 aromatic carbocycles. The number of rotatable bonds is 8. The Balaban J connectivity index is 2.19. The molecule has 8 heteroatoms. The third-order valence-electron chi connectivity index (χ3n) is 4.10. The van der Waals surface area contributed by atoms with Crippen molar-refractivity contribution >= 4 is 17.8 Å². The van der Waals surface area contributed by atoms with Crippen LogP contribution >= 0.6 is 0 Å². The Morgan fingerprint density at radius 2 is 1.68 bits per heavy atom. The third kappa shape index (κ3) is 8.38. The molecule has 2 aromatic rings. The Hall–Kier alpha value is -3.55. The van der Waals surface area contributed by atoms with Crippen molar-refractivity contribution in [3.8, 4) is 5.75 Å². The maximum Gasteiger partial charge on any atom is 0.408 e. The summed E-state index contributed by atoms with van der Waals surface area (Å²) in [7, 11) is 0. The van der Waals surface area contributed by atoms with Crippen molar-refractivity contribution in [3.05, 3.63) is 65.7 Å². The van der Waals surface area contributed by atoms with Crippen molar-refractivity contribution in [2.75, 3.05) is 0 Å². The van der Waals surface area contributed by atoms with E-state index in [2.05, 4.69) is 15.5 Å². The molecule has 0 heterocycles. The fourth-order valence-corrected chi connectivity index (χ4v) is 2.72. The van der Waals surface area contributed by atoms with Crippen molar-refractivity contribution in [2.24, 2.45) is 21.7 Å². The van der Waals surface area contributed by atoms with E-state index in [1.54, 1.807) is 20.8 Å². The summed E-state index contributed by atoms with van der Waals surface area (Å²) in [5.74, 6) is 0.536. The Morgan fingerprint density at radius 3 is 2.23 bits per heavy atom. The van der Waals surface area contributed by atoms with Crippen LogP contribution in [0.2, 0.25) is 0 Å². The Morgan fingerprint density at radius 1 is 1.03 bits per heavy atom. The number of hydrogen-bond donors (Lipinski definition) is 3. The third-order valence-corrected chi connectivity index (χ3v) is 4.10. The molecular weight excluding hydrogens is 394 g/mol. The second kappa shape index (κ2) is 11.0. The van der Waals surface area contributed by atoms with E-state index in [-0.39, 0.29) is 5.96 Å². The lowest BCUT2D eigenvalue weighted by Crippen LogP contribution is -2.43. The molecule has 0 aliphatic carbocycles. The predicted octanol–water partition coefficient (Wildman–Crippen LogP) is 3.55. The molecule has 8 nitrogen and oxygen atoms in total. The van der Waals surface area contributed by atoms with Crippen LogP contribution in [0.25, 0.3) is 0 Å². The van der Waals surface area contributed by atoms with Crippen LogP contribution in [0.3, 0.4) is 0 Å². The van der Waals surface area contributed by atoms with Crippen molar-refractivity contribution in [3.63, 3.8) is 0 Å². The fourth-order valence-electron chi connectivity index (χ4n) is 2.72. The molecule has 1 amide bonds. The van der Waals surface area contributed by atoms with Gasteiger partial charge in [0.05, 0.1) is 11.8 Å². The number of benzene rings is 2. The summed E-state index contributed by atoms with van der Waals surface area (Å²) >= 11 is 0. The first-order valence-electron chi connectivity index (χ1n) is 10.1. The number of carbonyl (C=O) groups excluding carboxylic acids is 1. The minimum Gasteiger partial charge on any atom is -0.489 e. The smallest absolute Gasteiger partial charge is 0.408 e. The minimum absolute atomic E-state index is 0.174. The maximum atomic E-state index is 12.3. The van der Waals surface area contributed by atoms with Crippen molar-refractivity contribution in [1.82, 2.24) is 5.32 Å². The van der Waals surface area contributed by atoms with Gasteiger partial charge in [0.2, 0.25) is 5.96 Å². The SMILES string of the molecule is CCC(NC(=O)OC(C)(C)C)/C(=N\N=C(N)N)c1ccc(OCc2ccccc2)cc1. The summed E-state index contributed by atoms with van der Waals surface area (Å²) in [6, 6.07) is 16.8. The highest BCUT2D eigenvalue weighted by Crippen LogP contribution is 2.17.